The Morgan fingerprint density at radius 3 is 2.28 bits per heavy atom. The Labute approximate surface area is 168 Å². The lowest BCUT2D eigenvalue weighted by molar-refractivity contribution is -0.120. The average molecular weight is 386 g/mol. The Hall–Kier alpha value is -3.73. The fraction of sp³-hybridized carbons (Fsp3) is 0.0833. The Balaban J connectivity index is 1.85. The van der Waals surface area contributed by atoms with Gasteiger partial charge in [0.05, 0.1) is 11.3 Å². The Kier molecular flexibility index (Phi) is 4.72. The van der Waals surface area contributed by atoms with Gasteiger partial charge in [-0.2, -0.15) is 0 Å². The fourth-order valence-electron chi connectivity index (χ4n) is 3.43. The van der Waals surface area contributed by atoms with Crippen molar-refractivity contribution in [1.82, 2.24) is 0 Å². The van der Waals surface area contributed by atoms with Gasteiger partial charge in [-0.3, -0.25) is 9.59 Å². The number of imide groups is 1. The third-order valence-corrected chi connectivity index (χ3v) is 5.06. The van der Waals surface area contributed by atoms with Crippen LogP contribution in [0.15, 0.2) is 78.5 Å². The van der Waals surface area contributed by atoms with Crippen molar-refractivity contribution in [2.75, 3.05) is 10.2 Å². The van der Waals surface area contributed by atoms with Crippen LogP contribution in [0.25, 0.3) is 5.57 Å². The number of rotatable bonds is 4. The number of aryl methyl sites for hydroxylation is 1. The number of benzene rings is 3. The molecular weight excluding hydrogens is 367 g/mol. The van der Waals surface area contributed by atoms with Crippen LogP contribution in [0.4, 0.5) is 15.8 Å². The molecule has 0 bridgehead atoms. The molecule has 1 aliphatic heterocycles. The van der Waals surface area contributed by atoms with Gasteiger partial charge in [0.25, 0.3) is 11.8 Å². The maximum Gasteiger partial charge on any atom is 0.282 e. The molecule has 0 spiro atoms. The largest absolute Gasteiger partial charge is 0.350 e. The quantitative estimate of drug-likeness (QED) is 0.653. The topological polar surface area (TPSA) is 49.4 Å². The van der Waals surface area contributed by atoms with Crippen LogP contribution in [0.2, 0.25) is 0 Å². The Bertz CT molecular complexity index is 1150. The smallest absolute Gasteiger partial charge is 0.282 e. The molecule has 0 unspecified atom stereocenters. The molecule has 4 rings (SSSR count). The molecule has 0 aromatic heterocycles. The van der Waals surface area contributed by atoms with E-state index in [1.54, 1.807) is 42.5 Å². The van der Waals surface area contributed by atoms with Crippen LogP contribution >= 0.6 is 0 Å². The normalized spacial score (nSPS) is 14.0. The first kappa shape index (κ1) is 18.6. The highest BCUT2D eigenvalue weighted by atomic mass is 19.1. The molecule has 0 saturated heterocycles. The summed E-state index contributed by atoms with van der Waals surface area (Å²) in [6.45, 7) is 3.81. The molecule has 4 nitrogen and oxygen atoms in total. The van der Waals surface area contributed by atoms with Gasteiger partial charge in [-0.15, -0.1) is 0 Å². The van der Waals surface area contributed by atoms with Crippen molar-refractivity contribution in [2.24, 2.45) is 0 Å². The maximum atomic E-state index is 13.7. The Morgan fingerprint density at radius 1 is 0.828 bits per heavy atom. The van der Waals surface area contributed by atoms with Crippen molar-refractivity contribution in [1.29, 1.82) is 0 Å². The first-order chi connectivity index (χ1) is 14.0. The van der Waals surface area contributed by atoms with E-state index < -0.39 is 17.6 Å². The van der Waals surface area contributed by atoms with Gasteiger partial charge >= 0.3 is 0 Å². The van der Waals surface area contributed by atoms with Crippen LogP contribution in [0.5, 0.6) is 0 Å². The molecule has 144 valence electrons. The van der Waals surface area contributed by atoms with Gasteiger partial charge in [0, 0.05) is 5.69 Å². The third kappa shape index (κ3) is 3.31. The summed E-state index contributed by atoms with van der Waals surface area (Å²) in [5.41, 5.74) is 3.80. The molecule has 0 saturated carbocycles. The number of anilines is 2. The van der Waals surface area contributed by atoms with E-state index in [0.29, 0.717) is 16.9 Å². The first-order valence-corrected chi connectivity index (χ1v) is 9.24. The number of amides is 2. The third-order valence-electron chi connectivity index (χ3n) is 5.06. The van der Waals surface area contributed by atoms with Crippen molar-refractivity contribution in [3.63, 3.8) is 0 Å². The summed E-state index contributed by atoms with van der Waals surface area (Å²) in [5.74, 6) is -1.30. The second-order valence-corrected chi connectivity index (χ2v) is 6.92. The van der Waals surface area contributed by atoms with E-state index in [1.165, 1.54) is 17.0 Å². The zero-order chi connectivity index (χ0) is 20.5. The van der Waals surface area contributed by atoms with Gasteiger partial charge in [-0.25, -0.2) is 9.29 Å². The summed E-state index contributed by atoms with van der Waals surface area (Å²) in [7, 11) is 0. The minimum absolute atomic E-state index is 0.132. The van der Waals surface area contributed by atoms with E-state index in [0.717, 1.165) is 11.1 Å². The number of hydrogen-bond donors (Lipinski definition) is 1. The molecule has 0 atom stereocenters. The summed E-state index contributed by atoms with van der Waals surface area (Å²) < 4.78 is 13.7. The molecule has 3 aromatic rings. The average Bonchev–Trinajstić information content (AvgIpc) is 2.95. The van der Waals surface area contributed by atoms with E-state index in [9.17, 15) is 14.0 Å². The van der Waals surface area contributed by atoms with E-state index in [2.05, 4.69) is 5.32 Å². The fourth-order valence-corrected chi connectivity index (χ4v) is 3.43. The Morgan fingerprint density at radius 2 is 1.55 bits per heavy atom. The number of carbonyl (C=O) groups is 2. The van der Waals surface area contributed by atoms with Crippen LogP contribution in [-0.2, 0) is 9.59 Å². The maximum absolute atomic E-state index is 13.7. The molecule has 1 N–H and O–H groups in total. The van der Waals surface area contributed by atoms with Gasteiger partial charge < -0.3 is 5.32 Å². The van der Waals surface area contributed by atoms with Crippen molar-refractivity contribution in [3.8, 4) is 0 Å². The molecule has 1 aliphatic rings. The van der Waals surface area contributed by atoms with Gasteiger partial charge in [0.15, 0.2) is 0 Å². The van der Waals surface area contributed by atoms with Crippen molar-refractivity contribution in [3.05, 3.63) is 101 Å². The summed E-state index contributed by atoms with van der Waals surface area (Å²) in [6.07, 6.45) is 0. The second kappa shape index (κ2) is 7.36. The molecule has 0 fully saturated rings. The molecule has 0 radical (unpaired) electrons. The number of nitrogens with one attached hydrogen (secondary N) is 1. The summed E-state index contributed by atoms with van der Waals surface area (Å²) in [5, 5.41) is 2.97. The van der Waals surface area contributed by atoms with Crippen LogP contribution in [-0.4, -0.2) is 11.8 Å². The molecular formula is C24H19FN2O2. The molecule has 29 heavy (non-hydrogen) atoms. The van der Waals surface area contributed by atoms with E-state index in [-0.39, 0.29) is 11.3 Å². The second-order valence-electron chi connectivity index (χ2n) is 6.92. The summed E-state index contributed by atoms with van der Waals surface area (Å²) in [6, 6.07) is 20.3. The zero-order valence-electron chi connectivity index (χ0n) is 16.1. The van der Waals surface area contributed by atoms with Crippen LogP contribution < -0.4 is 10.2 Å². The lowest BCUT2D eigenvalue weighted by Crippen LogP contribution is -2.33. The highest BCUT2D eigenvalue weighted by Crippen LogP contribution is 2.35. The standard InChI is InChI=1S/C24H19FN2O2/c1-15-8-6-13-20(16(15)2)27-23(28)21(17-9-4-3-5-10-17)22(24(27)29)26-19-12-7-11-18(25)14-19/h3-14,26H,1-2H3. The molecule has 1 heterocycles. The summed E-state index contributed by atoms with van der Waals surface area (Å²) >= 11 is 0. The monoisotopic (exact) mass is 386 g/mol. The lowest BCUT2D eigenvalue weighted by Gasteiger charge is -2.19. The van der Waals surface area contributed by atoms with E-state index in [4.69, 9.17) is 0 Å². The van der Waals surface area contributed by atoms with E-state index in [1.807, 2.05) is 32.0 Å². The molecule has 5 heteroatoms. The van der Waals surface area contributed by atoms with Crippen molar-refractivity contribution >= 4 is 28.8 Å². The zero-order valence-corrected chi connectivity index (χ0v) is 16.1. The van der Waals surface area contributed by atoms with Crippen molar-refractivity contribution in [2.45, 2.75) is 13.8 Å². The van der Waals surface area contributed by atoms with Crippen LogP contribution in [0, 0.1) is 19.7 Å². The number of carbonyl (C=O) groups excluding carboxylic acids is 2. The molecule has 2 amide bonds. The van der Waals surface area contributed by atoms with E-state index >= 15 is 0 Å². The van der Waals surface area contributed by atoms with Crippen molar-refractivity contribution < 1.29 is 14.0 Å². The highest BCUT2D eigenvalue weighted by molar-refractivity contribution is 6.46. The number of halogens is 1. The lowest BCUT2D eigenvalue weighted by atomic mass is 10.0. The van der Waals surface area contributed by atoms with Gasteiger partial charge in [-0.05, 0) is 54.8 Å². The van der Waals surface area contributed by atoms with Gasteiger partial charge in [0.2, 0.25) is 0 Å². The van der Waals surface area contributed by atoms with Crippen LogP contribution in [0.1, 0.15) is 16.7 Å². The highest BCUT2D eigenvalue weighted by Gasteiger charge is 2.40. The SMILES string of the molecule is Cc1cccc(N2C(=O)C(Nc3cccc(F)c3)=C(c3ccccc3)C2=O)c1C. The predicted molar refractivity (Wildman–Crippen MR) is 112 cm³/mol. The molecule has 3 aromatic carbocycles. The van der Waals surface area contributed by atoms with Crippen LogP contribution in [0.3, 0.4) is 0 Å². The number of hydrogen-bond acceptors (Lipinski definition) is 3. The first-order valence-electron chi connectivity index (χ1n) is 9.24. The minimum Gasteiger partial charge on any atom is -0.350 e. The molecule has 0 aliphatic carbocycles. The summed E-state index contributed by atoms with van der Waals surface area (Å²) in [4.78, 5) is 27.9. The number of nitrogens with zero attached hydrogens (tertiary/aromatic N) is 1. The van der Waals surface area contributed by atoms with Gasteiger partial charge in [-0.1, -0.05) is 48.5 Å². The van der Waals surface area contributed by atoms with Gasteiger partial charge in [0.1, 0.15) is 11.5 Å². The minimum atomic E-state index is -0.466. The predicted octanol–water partition coefficient (Wildman–Crippen LogP) is 4.84.